The van der Waals surface area contributed by atoms with Crippen molar-refractivity contribution in [3.63, 3.8) is 0 Å². The maximum absolute atomic E-state index is 3.76. The fraction of sp³-hybridized carbons (Fsp3) is 0.647. The number of hydrogen-bond donors (Lipinski definition) is 1. The number of halogens is 1. The second-order valence-corrected chi connectivity index (χ2v) is 7.92. The highest BCUT2D eigenvalue weighted by molar-refractivity contribution is 9.10. The van der Waals surface area contributed by atoms with Crippen LogP contribution in [0.25, 0.3) is 0 Å². The fourth-order valence-electron chi connectivity index (χ4n) is 2.92. The molecule has 0 radical (unpaired) electrons. The van der Waals surface area contributed by atoms with Crippen LogP contribution in [0.4, 0.5) is 0 Å². The summed E-state index contributed by atoms with van der Waals surface area (Å²) in [6, 6.07) is 9.40. The van der Waals surface area contributed by atoms with Crippen molar-refractivity contribution in [2.24, 2.45) is 5.92 Å². The molecule has 1 saturated heterocycles. The second kappa shape index (κ2) is 9.11. The Balaban J connectivity index is 1.91. The Kier molecular flexibility index (Phi) is 7.47. The van der Waals surface area contributed by atoms with Gasteiger partial charge in [0.05, 0.1) is 0 Å². The van der Waals surface area contributed by atoms with E-state index >= 15 is 0 Å². The summed E-state index contributed by atoms with van der Waals surface area (Å²) < 4.78 is 1.19. The molecule has 1 atom stereocenters. The number of benzene rings is 1. The minimum absolute atomic E-state index is 0.636. The van der Waals surface area contributed by atoms with Crippen LogP contribution in [-0.2, 0) is 6.42 Å². The quantitative estimate of drug-likeness (QED) is 0.746. The fourth-order valence-corrected chi connectivity index (χ4v) is 4.57. The largest absolute Gasteiger partial charge is 0.314 e. The average Bonchev–Trinajstić information content (AvgIpc) is 2.46. The highest BCUT2D eigenvalue weighted by Gasteiger charge is 2.19. The molecule has 0 aromatic heterocycles. The molecule has 0 bridgehead atoms. The van der Waals surface area contributed by atoms with E-state index in [1.807, 2.05) is 0 Å². The second-order valence-electron chi connectivity index (χ2n) is 5.78. The number of hydrogen-bond acceptors (Lipinski definition) is 2. The van der Waals surface area contributed by atoms with Gasteiger partial charge in [0, 0.05) is 10.5 Å². The van der Waals surface area contributed by atoms with E-state index in [9.17, 15) is 0 Å². The van der Waals surface area contributed by atoms with Gasteiger partial charge in [-0.3, -0.25) is 0 Å². The molecule has 1 heterocycles. The van der Waals surface area contributed by atoms with E-state index in [0.29, 0.717) is 6.04 Å². The highest BCUT2D eigenvalue weighted by atomic mass is 79.9. The van der Waals surface area contributed by atoms with Gasteiger partial charge in [0.15, 0.2) is 0 Å². The first kappa shape index (κ1) is 16.4. The first-order chi connectivity index (χ1) is 9.78. The molecule has 1 aromatic rings. The summed E-state index contributed by atoms with van der Waals surface area (Å²) in [5.41, 5.74) is 1.44. The maximum Gasteiger partial charge on any atom is 0.0178 e. The van der Waals surface area contributed by atoms with E-state index in [1.54, 1.807) is 0 Å². The predicted octanol–water partition coefficient (Wildman–Crippen LogP) is 4.89. The van der Waals surface area contributed by atoms with Gasteiger partial charge < -0.3 is 5.32 Å². The van der Waals surface area contributed by atoms with Crippen molar-refractivity contribution < 1.29 is 0 Å². The lowest BCUT2D eigenvalue weighted by molar-refractivity contribution is 0.362. The lowest BCUT2D eigenvalue weighted by Gasteiger charge is -2.27. The lowest BCUT2D eigenvalue weighted by atomic mass is 9.91. The topological polar surface area (TPSA) is 12.0 Å². The van der Waals surface area contributed by atoms with Crippen LogP contribution in [0.15, 0.2) is 28.7 Å². The van der Waals surface area contributed by atoms with Crippen molar-refractivity contribution in [3.05, 3.63) is 34.3 Å². The molecular weight excluding hydrogens is 330 g/mol. The summed E-state index contributed by atoms with van der Waals surface area (Å²) in [4.78, 5) is 0. The van der Waals surface area contributed by atoms with Crippen LogP contribution < -0.4 is 5.32 Å². The van der Waals surface area contributed by atoms with Crippen LogP contribution >= 0.6 is 27.7 Å². The van der Waals surface area contributed by atoms with E-state index in [-0.39, 0.29) is 0 Å². The molecule has 112 valence electrons. The normalized spacial score (nSPS) is 18.1. The molecule has 0 amide bonds. The monoisotopic (exact) mass is 355 g/mol. The van der Waals surface area contributed by atoms with Crippen LogP contribution in [0.3, 0.4) is 0 Å². The predicted molar refractivity (Wildman–Crippen MR) is 94.6 cm³/mol. The van der Waals surface area contributed by atoms with Crippen molar-refractivity contribution in [3.8, 4) is 0 Å². The van der Waals surface area contributed by atoms with Crippen LogP contribution in [0.2, 0.25) is 0 Å². The molecule has 3 heteroatoms. The van der Waals surface area contributed by atoms with Gasteiger partial charge in [-0.05, 0) is 73.8 Å². The minimum Gasteiger partial charge on any atom is -0.314 e. The summed E-state index contributed by atoms with van der Waals surface area (Å²) in [5, 5.41) is 3.76. The van der Waals surface area contributed by atoms with Gasteiger partial charge in [0.2, 0.25) is 0 Å². The van der Waals surface area contributed by atoms with E-state index < -0.39 is 0 Å². The lowest BCUT2D eigenvalue weighted by Crippen LogP contribution is -2.34. The Morgan fingerprint density at radius 1 is 1.35 bits per heavy atom. The van der Waals surface area contributed by atoms with E-state index in [1.165, 1.54) is 47.2 Å². The Bertz CT molecular complexity index is 390. The Hall–Kier alpha value is 0.01000. The maximum atomic E-state index is 3.76. The van der Waals surface area contributed by atoms with Crippen molar-refractivity contribution in [2.45, 2.75) is 45.1 Å². The zero-order valence-electron chi connectivity index (χ0n) is 12.4. The van der Waals surface area contributed by atoms with E-state index in [4.69, 9.17) is 0 Å². The SMILES string of the molecule is CCCNC(Cc1cccc(Br)c1)CC1CCSCC1. The molecule has 2 rings (SSSR count). The van der Waals surface area contributed by atoms with Crippen molar-refractivity contribution in [2.75, 3.05) is 18.1 Å². The zero-order chi connectivity index (χ0) is 14.2. The molecule has 1 unspecified atom stereocenters. The summed E-state index contributed by atoms with van der Waals surface area (Å²) in [6.07, 6.45) is 6.53. The van der Waals surface area contributed by atoms with E-state index in [0.717, 1.165) is 18.9 Å². The van der Waals surface area contributed by atoms with Gasteiger partial charge in [-0.25, -0.2) is 0 Å². The summed E-state index contributed by atoms with van der Waals surface area (Å²) in [7, 11) is 0. The molecule has 1 N–H and O–H groups in total. The third-order valence-corrected chi connectivity index (χ3v) is 5.55. The third kappa shape index (κ3) is 5.79. The van der Waals surface area contributed by atoms with Crippen molar-refractivity contribution in [1.82, 2.24) is 5.32 Å². The number of rotatable bonds is 7. The molecule has 20 heavy (non-hydrogen) atoms. The first-order valence-corrected chi connectivity index (χ1v) is 9.78. The summed E-state index contributed by atoms with van der Waals surface area (Å²) in [6.45, 7) is 3.39. The van der Waals surface area contributed by atoms with Gasteiger partial charge in [-0.15, -0.1) is 0 Å². The number of thioether (sulfide) groups is 1. The Morgan fingerprint density at radius 3 is 2.85 bits per heavy atom. The average molecular weight is 356 g/mol. The van der Waals surface area contributed by atoms with Crippen LogP contribution in [0.5, 0.6) is 0 Å². The number of nitrogens with one attached hydrogen (secondary N) is 1. The van der Waals surface area contributed by atoms with Crippen LogP contribution in [0, 0.1) is 5.92 Å². The summed E-state index contributed by atoms with van der Waals surface area (Å²) in [5.74, 6) is 3.65. The molecule has 1 fully saturated rings. The molecule has 0 spiro atoms. The molecule has 0 aliphatic carbocycles. The molecule has 1 nitrogen and oxygen atoms in total. The van der Waals surface area contributed by atoms with E-state index in [2.05, 4.69) is 64.2 Å². The third-order valence-electron chi connectivity index (χ3n) is 4.01. The van der Waals surface area contributed by atoms with Gasteiger partial charge in [-0.2, -0.15) is 11.8 Å². The van der Waals surface area contributed by atoms with Gasteiger partial charge in [-0.1, -0.05) is 35.0 Å². The molecule has 1 aromatic carbocycles. The minimum atomic E-state index is 0.636. The first-order valence-electron chi connectivity index (χ1n) is 7.83. The molecular formula is C17H26BrNS. The van der Waals surface area contributed by atoms with Crippen LogP contribution in [-0.4, -0.2) is 24.1 Å². The molecule has 1 aliphatic rings. The molecule has 1 aliphatic heterocycles. The Morgan fingerprint density at radius 2 is 2.15 bits per heavy atom. The zero-order valence-corrected chi connectivity index (χ0v) is 14.8. The van der Waals surface area contributed by atoms with Crippen molar-refractivity contribution >= 4 is 27.7 Å². The van der Waals surface area contributed by atoms with Gasteiger partial charge in [0.25, 0.3) is 0 Å². The standard InChI is InChI=1S/C17H26BrNS/c1-2-8-19-17(12-14-6-9-20-10-7-14)13-15-4-3-5-16(18)11-15/h3-5,11,14,17,19H,2,6-10,12-13H2,1H3. The van der Waals surface area contributed by atoms with Crippen LogP contribution in [0.1, 0.15) is 38.2 Å². The van der Waals surface area contributed by atoms with Crippen molar-refractivity contribution in [1.29, 1.82) is 0 Å². The van der Waals surface area contributed by atoms with Gasteiger partial charge >= 0.3 is 0 Å². The van der Waals surface area contributed by atoms with Gasteiger partial charge in [0.1, 0.15) is 0 Å². The Labute approximate surface area is 136 Å². The smallest absolute Gasteiger partial charge is 0.0178 e. The highest BCUT2D eigenvalue weighted by Crippen LogP contribution is 2.27. The summed E-state index contributed by atoms with van der Waals surface area (Å²) >= 11 is 5.70. The molecule has 0 saturated carbocycles.